The van der Waals surface area contributed by atoms with Crippen molar-refractivity contribution in [2.24, 2.45) is 0 Å². The number of ether oxygens (including phenoxy) is 2. The second kappa shape index (κ2) is 10.9. The van der Waals surface area contributed by atoms with E-state index in [0.29, 0.717) is 23.2 Å². The molecule has 0 atom stereocenters. The molecular formula is C27H31N3O4S. The van der Waals surface area contributed by atoms with Crippen molar-refractivity contribution in [2.45, 2.75) is 46.1 Å². The molecule has 1 aromatic heterocycles. The van der Waals surface area contributed by atoms with E-state index >= 15 is 0 Å². The highest BCUT2D eigenvalue weighted by atomic mass is 32.1. The normalized spacial score (nSPS) is 12.8. The summed E-state index contributed by atoms with van der Waals surface area (Å²) in [7, 11) is 1.56. The van der Waals surface area contributed by atoms with Crippen molar-refractivity contribution in [3.05, 3.63) is 58.5 Å². The SMILES string of the molecule is COc1ccccc1OCC(=O)N(CCC(=O)Nc1nc(-c2ccc(C)c(C)c2)c(C)s1)C1CC1. The van der Waals surface area contributed by atoms with E-state index < -0.39 is 0 Å². The molecule has 0 saturated heterocycles. The van der Waals surface area contributed by atoms with Crippen molar-refractivity contribution in [2.75, 3.05) is 25.6 Å². The summed E-state index contributed by atoms with van der Waals surface area (Å²) in [6, 6.07) is 13.7. The van der Waals surface area contributed by atoms with Crippen LogP contribution in [0.15, 0.2) is 42.5 Å². The third-order valence-corrected chi connectivity index (χ3v) is 7.02. The van der Waals surface area contributed by atoms with Crippen LogP contribution >= 0.6 is 11.3 Å². The topological polar surface area (TPSA) is 80.8 Å². The third-order valence-electron chi connectivity index (χ3n) is 6.13. The van der Waals surface area contributed by atoms with Gasteiger partial charge < -0.3 is 19.7 Å². The first-order valence-electron chi connectivity index (χ1n) is 11.8. The maximum atomic E-state index is 12.8. The zero-order valence-electron chi connectivity index (χ0n) is 20.6. The number of nitrogens with zero attached hydrogens (tertiary/aromatic N) is 2. The number of thiazole rings is 1. The fourth-order valence-corrected chi connectivity index (χ4v) is 4.72. The molecule has 0 bridgehead atoms. The zero-order valence-corrected chi connectivity index (χ0v) is 21.4. The van der Waals surface area contributed by atoms with Crippen LogP contribution in [0.3, 0.4) is 0 Å². The lowest BCUT2D eigenvalue weighted by Crippen LogP contribution is -2.38. The number of carbonyl (C=O) groups excluding carboxylic acids is 2. The number of amides is 2. The molecule has 4 rings (SSSR count). The summed E-state index contributed by atoms with van der Waals surface area (Å²) in [5.74, 6) is 0.815. The molecule has 1 aliphatic rings. The Hall–Kier alpha value is -3.39. The van der Waals surface area contributed by atoms with Crippen LogP contribution in [-0.2, 0) is 9.59 Å². The van der Waals surface area contributed by atoms with Gasteiger partial charge in [-0.05, 0) is 62.9 Å². The van der Waals surface area contributed by atoms with E-state index in [1.807, 2.05) is 19.1 Å². The molecule has 0 radical (unpaired) electrons. The van der Waals surface area contributed by atoms with Crippen molar-refractivity contribution < 1.29 is 19.1 Å². The van der Waals surface area contributed by atoms with Gasteiger partial charge in [-0.15, -0.1) is 11.3 Å². The number of rotatable bonds is 10. The van der Waals surface area contributed by atoms with E-state index in [0.717, 1.165) is 29.0 Å². The monoisotopic (exact) mass is 493 g/mol. The Balaban J connectivity index is 1.33. The minimum Gasteiger partial charge on any atom is -0.493 e. The molecule has 1 N–H and O–H groups in total. The van der Waals surface area contributed by atoms with Crippen molar-refractivity contribution in [3.63, 3.8) is 0 Å². The Labute approximate surface area is 210 Å². The van der Waals surface area contributed by atoms with E-state index in [-0.39, 0.29) is 30.9 Å². The molecule has 0 aliphatic heterocycles. The zero-order chi connectivity index (χ0) is 24.9. The van der Waals surface area contributed by atoms with Gasteiger partial charge in [0.05, 0.1) is 12.8 Å². The maximum absolute atomic E-state index is 12.8. The average molecular weight is 494 g/mol. The number of hydrogen-bond donors (Lipinski definition) is 1. The third kappa shape index (κ3) is 6.19. The highest BCUT2D eigenvalue weighted by Crippen LogP contribution is 2.32. The van der Waals surface area contributed by atoms with Gasteiger partial charge in [-0.3, -0.25) is 9.59 Å². The summed E-state index contributed by atoms with van der Waals surface area (Å²) in [5.41, 5.74) is 4.37. The molecule has 7 nitrogen and oxygen atoms in total. The first kappa shape index (κ1) is 24.7. The van der Waals surface area contributed by atoms with E-state index in [9.17, 15) is 9.59 Å². The second-order valence-electron chi connectivity index (χ2n) is 8.78. The molecule has 1 saturated carbocycles. The Morgan fingerprint density at radius 1 is 1.09 bits per heavy atom. The average Bonchev–Trinajstić information content (AvgIpc) is 3.62. The van der Waals surface area contributed by atoms with Gasteiger partial charge in [-0.2, -0.15) is 0 Å². The van der Waals surface area contributed by atoms with Gasteiger partial charge in [0.25, 0.3) is 5.91 Å². The number of aromatic nitrogens is 1. The molecule has 1 heterocycles. The van der Waals surface area contributed by atoms with Gasteiger partial charge in [0.2, 0.25) is 5.91 Å². The van der Waals surface area contributed by atoms with Crippen LogP contribution in [-0.4, -0.2) is 48.0 Å². The summed E-state index contributed by atoms with van der Waals surface area (Å²) < 4.78 is 11.0. The Morgan fingerprint density at radius 3 is 2.51 bits per heavy atom. The number of para-hydroxylation sites is 2. The predicted octanol–water partition coefficient (Wildman–Crippen LogP) is 5.14. The second-order valence-corrected chi connectivity index (χ2v) is 9.98. The first-order chi connectivity index (χ1) is 16.9. The fourth-order valence-electron chi connectivity index (χ4n) is 3.87. The van der Waals surface area contributed by atoms with Crippen molar-refractivity contribution >= 4 is 28.3 Å². The summed E-state index contributed by atoms with van der Waals surface area (Å²) in [6.07, 6.45) is 2.11. The number of hydrogen-bond acceptors (Lipinski definition) is 6. The minimum absolute atomic E-state index is 0.0938. The van der Waals surface area contributed by atoms with Crippen LogP contribution in [0.2, 0.25) is 0 Å². The molecule has 1 fully saturated rings. The largest absolute Gasteiger partial charge is 0.493 e. The number of methoxy groups -OCH3 is 1. The smallest absolute Gasteiger partial charge is 0.260 e. The van der Waals surface area contributed by atoms with E-state index in [1.165, 1.54) is 22.5 Å². The minimum atomic E-state index is -0.158. The van der Waals surface area contributed by atoms with Gasteiger partial charge in [-0.25, -0.2) is 4.98 Å². The van der Waals surface area contributed by atoms with Crippen molar-refractivity contribution in [3.8, 4) is 22.8 Å². The maximum Gasteiger partial charge on any atom is 0.260 e. The van der Waals surface area contributed by atoms with Gasteiger partial charge in [0.1, 0.15) is 0 Å². The van der Waals surface area contributed by atoms with Crippen LogP contribution < -0.4 is 14.8 Å². The number of nitrogens with one attached hydrogen (secondary N) is 1. The molecular weight excluding hydrogens is 462 g/mol. The van der Waals surface area contributed by atoms with Crippen LogP contribution in [0.4, 0.5) is 5.13 Å². The molecule has 2 amide bonds. The van der Waals surface area contributed by atoms with Gasteiger partial charge >= 0.3 is 0 Å². The Morgan fingerprint density at radius 2 is 1.83 bits per heavy atom. The van der Waals surface area contributed by atoms with Crippen molar-refractivity contribution in [1.82, 2.24) is 9.88 Å². The lowest BCUT2D eigenvalue weighted by Gasteiger charge is -2.22. The van der Waals surface area contributed by atoms with E-state index in [4.69, 9.17) is 9.47 Å². The highest BCUT2D eigenvalue weighted by molar-refractivity contribution is 7.16. The van der Waals surface area contributed by atoms with Gasteiger partial charge in [-0.1, -0.05) is 24.3 Å². The molecule has 3 aromatic rings. The molecule has 1 aliphatic carbocycles. The van der Waals surface area contributed by atoms with Crippen LogP contribution in [0.25, 0.3) is 11.3 Å². The molecule has 0 unspecified atom stereocenters. The Kier molecular flexibility index (Phi) is 7.70. The molecule has 35 heavy (non-hydrogen) atoms. The summed E-state index contributed by atoms with van der Waals surface area (Å²) in [4.78, 5) is 33.0. The van der Waals surface area contributed by atoms with Crippen LogP contribution in [0, 0.1) is 20.8 Å². The predicted molar refractivity (Wildman–Crippen MR) is 138 cm³/mol. The summed E-state index contributed by atoms with van der Waals surface area (Å²) >= 11 is 1.46. The lowest BCUT2D eigenvalue weighted by atomic mass is 10.0. The fraction of sp³-hybridized carbons (Fsp3) is 0.370. The lowest BCUT2D eigenvalue weighted by molar-refractivity contribution is -0.134. The van der Waals surface area contributed by atoms with Crippen LogP contribution in [0.5, 0.6) is 11.5 Å². The standard InChI is InChI=1S/C27H31N3O4S/c1-17-9-10-20(15-18(17)2)26-19(3)35-27(29-26)28-24(31)13-14-30(21-11-12-21)25(32)16-34-23-8-6-5-7-22(23)33-4/h5-10,15,21H,11-14,16H2,1-4H3,(H,28,29,31). The molecule has 184 valence electrons. The molecule has 0 spiro atoms. The molecule has 2 aromatic carbocycles. The summed E-state index contributed by atoms with van der Waals surface area (Å²) in [6.45, 7) is 6.42. The number of aryl methyl sites for hydroxylation is 3. The number of anilines is 1. The summed E-state index contributed by atoms with van der Waals surface area (Å²) in [5, 5.41) is 3.48. The molecule has 8 heteroatoms. The number of carbonyl (C=O) groups is 2. The van der Waals surface area contributed by atoms with Gasteiger partial charge in [0.15, 0.2) is 23.2 Å². The number of benzene rings is 2. The van der Waals surface area contributed by atoms with Crippen molar-refractivity contribution in [1.29, 1.82) is 0 Å². The van der Waals surface area contributed by atoms with E-state index in [1.54, 1.807) is 24.1 Å². The quantitative estimate of drug-likeness (QED) is 0.423. The first-order valence-corrected chi connectivity index (χ1v) is 12.6. The highest BCUT2D eigenvalue weighted by Gasteiger charge is 2.33. The van der Waals surface area contributed by atoms with E-state index in [2.05, 4.69) is 42.3 Å². The van der Waals surface area contributed by atoms with Gasteiger partial charge in [0, 0.05) is 29.4 Å². The van der Waals surface area contributed by atoms with Crippen LogP contribution in [0.1, 0.15) is 35.3 Å². The Bertz CT molecular complexity index is 1220.